The van der Waals surface area contributed by atoms with Crippen molar-refractivity contribution in [1.82, 2.24) is 0 Å². The number of aliphatic hydroxyl groups is 1. The summed E-state index contributed by atoms with van der Waals surface area (Å²) in [7, 11) is 3.85. The van der Waals surface area contributed by atoms with Gasteiger partial charge in [-0.05, 0) is 26.0 Å². The van der Waals surface area contributed by atoms with Crippen LogP contribution in [0.1, 0.15) is 25.6 Å². The van der Waals surface area contributed by atoms with Crippen molar-refractivity contribution in [2.45, 2.75) is 26.2 Å². The molecule has 0 aliphatic rings. The minimum absolute atomic E-state index is 0. The van der Waals surface area contributed by atoms with Gasteiger partial charge in [-0.25, -0.2) is 4.79 Å². The summed E-state index contributed by atoms with van der Waals surface area (Å²) in [5.74, 6) is -0.421. The second kappa shape index (κ2) is 8.17. The van der Waals surface area contributed by atoms with Crippen LogP contribution in [-0.4, -0.2) is 42.3 Å². The van der Waals surface area contributed by atoms with E-state index in [1.807, 2.05) is 44.4 Å². The second-order valence-corrected chi connectivity index (χ2v) is 5.76. The number of rotatable bonds is 6. The van der Waals surface area contributed by atoms with Crippen molar-refractivity contribution < 1.29 is 31.5 Å². The maximum atomic E-state index is 11.9. The molecular formula is C16H24ClNO3. The molecule has 2 atom stereocenters. The molecule has 0 heterocycles. The number of ether oxygens (including phenoxy) is 1. The van der Waals surface area contributed by atoms with Crippen LogP contribution in [-0.2, 0) is 9.53 Å². The number of benzene rings is 1. The van der Waals surface area contributed by atoms with Gasteiger partial charge in [0.25, 0.3) is 6.23 Å². The summed E-state index contributed by atoms with van der Waals surface area (Å²) in [5, 5.41) is 9.65. The Kier molecular flexibility index (Phi) is 7.64. The fourth-order valence-corrected chi connectivity index (χ4v) is 2.21. The van der Waals surface area contributed by atoms with Crippen molar-refractivity contribution >= 4 is 5.97 Å². The third-order valence-corrected chi connectivity index (χ3v) is 3.02. The zero-order valence-corrected chi connectivity index (χ0v) is 13.8. The van der Waals surface area contributed by atoms with E-state index >= 15 is 0 Å². The summed E-state index contributed by atoms with van der Waals surface area (Å²) < 4.78 is 5.93. The normalized spacial score (nSPS) is 13.8. The number of hydrogen-bond donors (Lipinski definition) is 1. The first kappa shape index (κ1) is 19.6. The van der Waals surface area contributed by atoms with Crippen LogP contribution >= 0.6 is 0 Å². The minimum atomic E-state index is -0.486. The predicted octanol–water partition coefficient (Wildman–Crippen LogP) is -0.734. The van der Waals surface area contributed by atoms with Gasteiger partial charge in [0.15, 0.2) is 0 Å². The largest absolute Gasteiger partial charge is 1.00 e. The third-order valence-electron chi connectivity index (χ3n) is 3.02. The number of hydrogen-bond acceptors (Lipinski definition) is 3. The van der Waals surface area contributed by atoms with Gasteiger partial charge < -0.3 is 22.3 Å². The van der Waals surface area contributed by atoms with Crippen LogP contribution in [0.5, 0.6) is 0 Å². The van der Waals surface area contributed by atoms with E-state index < -0.39 is 18.3 Å². The average Bonchev–Trinajstić information content (AvgIpc) is 2.34. The number of aliphatic hydroxyl groups excluding tert-OH is 1. The predicted molar refractivity (Wildman–Crippen MR) is 78.7 cm³/mol. The lowest BCUT2D eigenvalue weighted by Crippen LogP contribution is -3.00. The van der Waals surface area contributed by atoms with E-state index in [1.165, 1.54) is 0 Å². The SMILES string of the molecule is C=C(C)C(=O)OC(c1ccccc1)[N+](C)(C)CC(C)O.[Cl-]. The number of likely N-dealkylation sites (N-methyl/N-ethyl adjacent to an activating group) is 1. The number of carbonyl (C=O) groups excluding carboxylic acids is 1. The molecule has 0 fully saturated rings. The maximum absolute atomic E-state index is 11.9. The van der Waals surface area contributed by atoms with Crippen molar-refractivity contribution in [1.29, 1.82) is 0 Å². The molecule has 2 unspecified atom stereocenters. The molecule has 21 heavy (non-hydrogen) atoms. The summed E-state index contributed by atoms with van der Waals surface area (Å²) in [6, 6.07) is 9.55. The van der Waals surface area contributed by atoms with Crippen molar-refractivity contribution in [3.8, 4) is 0 Å². The second-order valence-electron chi connectivity index (χ2n) is 5.76. The zero-order chi connectivity index (χ0) is 15.3. The van der Waals surface area contributed by atoms with Crippen molar-refractivity contribution in [2.24, 2.45) is 0 Å². The van der Waals surface area contributed by atoms with Gasteiger partial charge in [0.05, 0.1) is 19.7 Å². The van der Waals surface area contributed by atoms with Gasteiger partial charge in [-0.2, -0.15) is 0 Å². The Hall–Kier alpha value is -1.36. The lowest BCUT2D eigenvalue weighted by atomic mass is 10.1. The summed E-state index contributed by atoms with van der Waals surface area (Å²) in [5.41, 5.74) is 1.26. The molecule has 1 rings (SSSR count). The number of quaternary nitrogens is 1. The average molecular weight is 314 g/mol. The maximum Gasteiger partial charge on any atom is 0.337 e. The first-order valence-electron chi connectivity index (χ1n) is 6.66. The Morgan fingerprint density at radius 1 is 1.33 bits per heavy atom. The van der Waals surface area contributed by atoms with E-state index in [9.17, 15) is 9.90 Å². The van der Waals surface area contributed by atoms with Crippen molar-refractivity contribution in [2.75, 3.05) is 20.6 Å². The van der Waals surface area contributed by atoms with Crippen LogP contribution in [0.4, 0.5) is 0 Å². The number of esters is 1. The van der Waals surface area contributed by atoms with Gasteiger partial charge in [-0.1, -0.05) is 24.8 Å². The molecule has 1 aromatic carbocycles. The van der Waals surface area contributed by atoms with Gasteiger partial charge >= 0.3 is 5.97 Å². The molecule has 5 heteroatoms. The van der Waals surface area contributed by atoms with Gasteiger partial charge in [-0.15, -0.1) is 0 Å². The summed E-state index contributed by atoms with van der Waals surface area (Å²) >= 11 is 0. The van der Waals surface area contributed by atoms with Gasteiger partial charge in [-0.3, -0.25) is 4.48 Å². The molecule has 0 aromatic heterocycles. The smallest absolute Gasteiger partial charge is 0.337 e. The van der Waals surface area contributed by atoms with Gasteiger partial charge in [0.1, 0.15) is 12.6 Å². The van der Waals surface area contributed by atoms with Crippen molar-refractivity contribution in [3.63, 3.8) is 0 Å². The summed E-state index contributed by atoms with van der Waals surface area (Å²) in [6.45, 7) is 7.44. The van der Waals surface area contributed by atoms with E-state index in [0.29, 0.717) is 16.6 Å². The molecular weight excluding hydrogens is 290 g/mol. The Morgan fingerprint density at radius 2 is 1.86 bits per heavy atom. The summed E-state index contributed by atoms with van der Waals surface area (Å²) in [6.07, 6.45) is -0.963. The van der Waals surface area contributed by atoms with Crippen LogP contribution in [0, 0.1) is 0 Å². The van der Waals surface area contributed by atoms with Crippen LogP contribution in [0.25, 0.3) is 0 Å². The topological polar surface area (TPSA) is 46.5 Å². The third kappa shape index (κ3) is 5.87. The molecule has 0 amide bonds. The molecule has 0 aliphatic heterocycles. The Morgan fingerprint density at radius 3 is 2.29 bits per heavy atom. The Balaban J connectivity index is 0.00000400. The monoisotopic (exact) mass is 313 g/mol. The summed E-state index contributed by atoms with van der Waals surface area (Å²) in [4.78, 5) is 11.9. The molecule has 0 bridgehead atoms. The molecule has 1 aromatic rings. The highest BCUT2D eigenvalue weighted by Crippen LogP contribution is 2.27. The quantitative estimate of drug-likeness (QED) is 0.326. The minimum Gasteiger partial charge on any atom is -1.00 e. The molecule has 4 nitrogen and oxygen atoms in total. The molecule has 1 N–H and O–H groups in total. The van der Waals surface area contributed by atoms with Crippen LogP contribution in [0.15, 0.2) is 42.5 Å². The number of carbonyl (C=O) groups is 1. The highest BCUT2D eigenvalue weighted by molar-refractivity contribution is 5.87. The molecule has 0 aliphatic carbocycles. The lowest BCUT2D eigenvalue weighted by Gasteiger charge is -2.37. The molecule has 0 saturated heterocycles. The van der Waals surface area contributed by atoms with E-state index in [1.54, 1.807) is 13.8 Å². The molecule has 0 radical (unpaired) electrons. The Labute approximate surface area is 133 Å². The fourth-order valence-electron chi connectivity index (χ4n) is 2.21. The molecule has 0 spiro atoms. The van der Waals surface area contributed by atoms with E-state index in [4.69, 9.17) is 4.74 Å². The first-order valence-corrected chi connectivity index (χ1v) is 6.66. The lowest BCUT2D eigenvalue weighted by molar-refractivity contribution is -0.944. The Bertz CT molecular complexity index is 472. The van der Waals surface area contributed by atoms with E-state index in [2.05, 4.69) is 6.58 Å². The fraction of sp³-hybridized carbons (Fsp3) is 0.438. The van der Waals surface area contributed by atoms with E-state index in [-0.39, 0.29) is 12.4 Å². The van der Waals surface area contributed by atoms with Crippen LogP contribution < -0.4 is 12.4 Å². The number of nitrogens with zero attached hydrogens (tertiary/aromatic N) is 1. The van der Waals surface area contributed by atoms with Crippen LogP contribution in [0.2, 0.25) is 0 Å². The first-order chi connectivity index (χ1) is 9.24. The van der Waals surface area contributed by atoms with E-state index in [0.717, 1.165) is 5.56 Å². The molecule has 0 saturated carbocycles. The standard InChI is InChI=1S/C16H24NO3.ClH/c1-12(2)16(19)20-15(14-9-7-6-8-10-14)17(4,5)11-13(3)18;/h6-10,13,15,18H,1,11H2,2-5H3;1H/q+1;/p-1. The van der Waals surface area contributed by atoms with Crippen LogP contribution in [0.3, 0.4) is 0 Å². The molecule has 118 valence electrons. The highest BCUT2D eigenvalue weighted by atomic mass is 35.5. The number of halogens is 1. The zero-order valence-electron chi connectivity index (χ0n) is 13.0. The van der Waals surface area contributed by atoms with Gasteiger partial charge in [0, 0.05) is 5.57 Å². The van der Waals surface area contributed by atoms with Gasteiger partial charge in [0.2, 0.25) is 0 Å². The highest BCUT2D eigenvalue weighted by Gasteiger charge is 2.34. The van der Waals surface area contributed by atoms with Crippen molar-refractivity contribution in [3.05, 3.63) is 48.0 Å².